The van der Waals surface area contributed by atoms with Crippen molar-refractivity contribution in [2.45, 2.75) is 33.7 Å². The number of hydrogen-bond acceptors (Lipinski definition) is 6. The molecular formula is C19H26N4O3S. The smallest absolute Gasteiger partial charge is 0.246 e. The molecule has 0 saturated carbocycles. The Morgan fingerprint density at radius 2 is 1.96 bits per heavy atom. The largest absolute Gasteiger partial charge is 0.378 e. The molecule has 146 valence electrons. The van der Waals surface area contributed by atoms with Crippen molar-refractivity contribution in [3.05, 3.63) is 18.2 Å². The molecule has 0 aliphatic carbocycles. The molecule has 1 fully saturated rings. The number of carbonyl (C=O) groups is 2. The van der Waals surface area contributed by atoms with Crippen molar-refractivity contribution in [3.63, 3.8) is 0 Å². The summed E-state index contributed by atoms with van der Waals surface area (Å²) in [5, 5.41) is 6.59. The number of fused-ring (bicyclic) bond motifs is 1. The molecule has 1 atom stereocenters. The minimum Gasteiger partial charge on any atom is -0.378 e. The summed E-state index contributed by atoms with van der Waals surface area (Å²) >= 11 is 1.61. The third-order valence-corrected chi connectivity index (χ3v) is 5.43. The van der Waals surface area contributed by atoms with E-state index in [2.05, 4.69) is 20.5 Å². The Hall–Kier alpha value is -2.19. The van der Waals surface area contributed by atoms with Gasteiger partial charge in [-0.3, -0.25) is 9.59 Å². The summed E-state index contributed by atoms with van der Waals surface area (Å²) in [6, 6.07) is 5.05. The van der Waals surface area contributed by atoms with Crippen LogP contribution < -0.4 is 15.5 Å². The predicted molar refractivity (Wildman–Crippen MR) is 108 cm³/mol. The van der Waals surface area contributed by atoms with Crippen molar-refractivity contribution in [3.8, 4) is 0 Å². The van der Waals surface area contributed by atoms with Gasteiger partial charge in [-0.05, 0) is 25.1 Å². The number of carbonyl (C=O) groups excluding carboxylic acids is 2. The van der Waals surface area contributed by atoms with E-state index < -0.39 is 11.5 Å². The number of morpholine rings is 1. The van der Waals surface area contributed by atoms with E-state index in [-0.39, 0.29) is 11.8 Å². The van der Waals surface area contributed by atoms with Crippen molar-refractivity contribution in [2.75, 3.05) is 36.5 Å². The van der Waals surface area contributed by atoms with Gasteiger partial charge < -0.3 is 20.3 Å². The first-order valence-corrected chi connectivity index (χ1v) is 9.91. The third kappa shape index (κ3) is 4.75. The molecule has 3 rings (SSSR count). The van der Waals surface area contributed by atoms with Crippen LogP contribution in [-0.2, 0) is 14.3 Å². The van der Waals surface area contributed by atoms with E-state index in [1.807, 2.05) is 39.0 Å². The number of amides is 2. The molecule has 1 aromatic carbocycles. The Bertz CT molecular complexity index is 837. The lowest BCUT2D eigenvalue weighted by Crippen LogP contribution is -2.46. The molecule has 0 radical (unpaired) electrons. The number of hydrogen-bond donors (Lipinski definition) is 2. The highest BCUT2D eigenvalue weighted by molar-refractivity contribution is 7.22. The lowest BCUT2D eigenvalue weighted by molar-refractivity contribution is -0.131. The van der Waals surface area contributed by atoms with Gasteiger partial charge in [0.2, 0.25) is 11.8 Å². The zero-order valence-electron chi connectivity index (χ0n) is 16.2. The summed E-state index contributed by atoms with van der Waals surface area (Å²) in [5.41, 5.74) is 1.07. The minimum absolute atomic E-state index is 0.154. The van der Waals surface area contributed by atoms with Crippen LogP contribution in [0.3, 0.4) is 0 Å². The van der Waals surface area contributed by atoms with Gasteiger partial charge in [0.15, 0.2) is 5.13 Å². The fourth-order valence-corrected chi connectivity index (χ4v) is 3.67. The molecule has 1 aliphatic rings. The zero-order chi connectivity index (χ0) is 19.6. The average molecular weight is 391 g/mol. The van der Waals surface area contributed by atoms with Crippen LogP contribution in [0.15, 0.2) is 18.2 Å². The number of benzene rings is 1. The van der Waals surface area contributed by atoms with Gasteiger partial charge in [-0.1, -0.05) is 32.1 Å². The maximum absolute atomic E-state index is 12.4. The van der Waals surface area contributed by atoms with Gasteiger partial charge in [-0.2, -0.15) is 0 Å². The Morgan fingerprint density at radius 3 is 2.63 bits per heavy atom. The molecule has 27 heavy (non-hydrogen) atoms. The fraction of sp³-hybridized carbons (Fsp3) is 0.526. The molecule has 0 spiro atoms. The van der Waals surface area contributed by atoms with Crippen LogP contribution in [0, 0.1) is 5.41 Å². The number of ether oxygens (including phenoxy) is 1. The van der Waals surface area contributed by atoms with E-state index in [1.54, 1.807) is 18.3 Å². The molecule has 1 aliphatic heterocycles. The molecule has 1 aromatic heterocycles. The van der Waals surface area contributed by atoms with Crippen molar-refractivity contribution in [2.24, 2.45) is 5.41 Å². The number of thiazole rings is 1. The lowest BCUT2D eigenvalue weighted by atomic mass is 9.95. The topological polar surface area (TPSA) is 83.6 Å². The highest BCUT2D eigenvalue weighted by Gasteiger charge is 2.25. The molecule has 2 heterocycles. The second-order valence-corrected chi connectivity index (χ2v) is 8.72. The summed E-state index contributed by atoms with van der Waals surface area (Å²) in [7, 11) is 0. The van der Waals surface area contributed by atoms with Gasteiger partial charge in [-0.15, -0.1) is 0 Å². The van der Waals surface area contributed by atoms with Gasteiger partial charge in [-0.25, -0.2) is 4.98 Å². The van der Waals surface area contributed by atoms with Gasteiger partial charge in [0, 0.05) is 24.2 Å². The standard InChI is InChI=1S/C19H26N4O3S/c1-12(20-17(25)19(2,3)4)16(24)21-13-5-6-14-15(11-13)27-18(22-14)23-7-9-26-10-8-23/h5-6,11-12H,7-10H2,1-4H3,(H,20,25)(H,21,24)/t12-/m0/s1. The van der Waals surface area contributed by atoms with Crippen LogP contribution in [0.2, 0.25) is 0 Å². The van der Waals surface area contributed by atoms with E-state index in [4.69, 9.17) is 4.74 Å². The normalized spacial score (nSPS) is 16.2. The predicted octanol–water partition coefficient (Wildman–Crippen LogP) is 2.62. The summed E-state index contributed by atoms with van der Waals surface area (Å²) in [5.74, 6) is -0.400. The number of nitrogens with one attached hydrogen (secondary N) is 2. The first kappa shape index (κ1) is 19.6. The molecule has 7 nitrogen and oxygen atoms in total. The quantitative estimate of drug-likeness (QED) is 0.838. The molecule has 8 heteroatoms. The average Bonchev–Trinajstić information content (AvgIpc) is 3.05. The first-order valence-electron chi connectivity index (χ1n) is 9.09. The highest BCUT2D eigenvalue weighted by atomic mass is 32.1. The van der Waals surface area contributed by atoms with Crippen LogP contribution in [0.1, 0.15) is 27.7 Å². The van der Waals surface area contributed by atoms with E-state index in [9.17, 15) is 9.59 Å². The Kier molecular flexibility index (Phi) is 5.67. The fourth-order valence-electron chi connectivity index (χ4n) is 2.61. The first-order chi connectivity index (χ1) is 12.7. The number of nitrogens with zero attached hydrogens (tertiary/aromatic N) is 2. The maximum atomic E-state index is 12.4. The highest BCUT2D eigenvalue weighted by Crippen LogP contribution is 2.31. The molecule has 0 unspecified atom stereocenters. The zero-order valence-corrected chi connectivity index (χ0v) is 17.0. The Labute approximate surface area is 163 Å². The molecule has 2 aromatic rings. The van der Waals surface area contributed by atoms with E-state index in [1.165, 1.54) is 0 Å². The lowest BCUT2D eigenvalue weighted by Gasteiger charge is -2.25. The minimum atomic E-state index is -0.613. The number of anilines is 2. The van der Waals surface area contributed by atoms with E-state index in [0.717, 1.165) is 41.7 Å². The van der Waals surface area contributed by atoms with Crippen molar-refractivity contribution in [1.82, 2.24) is 10.3 Å². The third-order valence-electron chi connectivity index (χ3n) is 4.35. The second-order valence-electron chi connectivity index (χ2n) is 7.71. The van der Waals surface area contributed by atoms with Gasteiger partial charge >= 0.3 is 0 Å². The Morgan fingerprint density at radius 1 is 1.26 bits per heavy atom. The molecule has 2 amide bonds. The van der Waals surface area contributed by atoms with E-state index in [0.29, 0.717) is 5.69 Å². The summed E-state index contributed by atoms with van der Waals surface area (Å²) in [6.07, 6.45) is 0. The van der Waals surface area contributed by atoms with Crippen molar-refractivity contribution in [1.29, 1.82) is 0 Å². The van der Waals surface area contributed by atoms with Gasteiger partial charge in [0.25, 0.3) is 0 Å². The van der Waals surface area contributed by atoms with Crippen LogP contribution >= 0.6 is 11.3 Å². The number of aromatic nitrogens is 1. The maximum Gasteiger partial charge on any atom is 0.246 e. The van der Waals surface area contributed by atoms with Crippen molar-refractivity contribution < 1.29 is 14.3 Å². The van der Waals surface area contributed by atoms with Crippen LogP contribution in [0.5, 0.6) is 0 Å². The Balaban J connectivity index is 1.67. The monoisotopic (exact) mass is 390 g/mol. The van der Waals surface area contributed by atoms with Gasteiger partial charge in [0.05, 0.1) is 23.4 Å². The summed E-state index contributed by atoms with van der Waals surface area (Å²) in [6.45, 7) is 10.2. The van der Waals surface area contributed by atoms with Gasteiger partial charge in [0.1, 0.15) is 6.04 Å². The summed E-state index contributed by atoms with van der Waals surface area (Å²) in [4.78, 5) is 31.3. The second kappa shape index (κ2) is 7.82. The molecule has 0 bridgehead atoms. The van der Waals surface area contributed by atoms with Crippen LogP contribution in [0.4, 0.5) is 10.8 Å². The molecule has 2 N–H and O–H groups in total. The molecule has 1 saturated heterocycles. The SMILES string of the molecule is C[C@H](NC(=O)C(C)(C)C)C(=O)Nc1ccc2nc(N3CCOCC3)sc2c1. The summed E-state index contributed by atoms with van der Waals surface area (Å²) < 4.78 is 6.40. The molecular weight excluding hydrogens is 364 g/mol. The van der Waals surface area contributed by atoms with E-state index >= 15 is 0 Å². The van der Waals surface area contributed by atoms with Crippen LogP contribution in [0.25, 0.3) is 10.2 Å². The number of rotatable bonds is 4. The van der Waals surface area contributed by atoms with Crippen molar-refractivity contribution >= 4 is 44.2 Å². The van der Waals surface area contributed by atoms with Crippen LogP contribution in [-0.4, -0.2) is 49.1 Å².